The van der Waals surface area contributed by atoms with Crippen LogP contribution in [0.2, 0.25) is 0 Å². The average molecular weight is 182 g/mol. The first-order valence-electron chi connectivity index (χ1n) is 5.61. The van der Waals surface area contributed by atoms with E-state index in [1.54, 1.807) is 0 Å². The van der Waals surface area contributed by atoms with Crippen molar-refractivity contribution in [3.8, 4) is 0 Å². The van der Waals surface area contributed by atoms with E-state index in [0.29, 0.717) is 11.5 Å². The largest absolute Gasteiger partial charge is 0.377 e. The molecule has 2 aliphatic rings. The van der Waals surface area contributed by atoms with Crippen LogP contribution >= 0.6 is 0 Å². The van der Waals surface area contributed by atoms with Crippen molar-refractivity contribution in [2.24, 2.45) is 23.2 Å². The van der Waals surface area contributed by atoms with E-state index in [-0.39, 0.29) is 0 Å². The second-order valence-electron chi connectivity index (χ2n) is 5.99. The van der Waals surface area contributed by atoms with Gasteiger partial charge in [0.25, 0.3) is 0 Å². The molecule has 1 nitrogen and oxygen atoms in total. The molecule has 4 unspecified atom stereocenters. The van der Waals surface area contributed by atoms with Gasteiger partial charge in [0.15, 0.2) is 0 Å². The highest BCUT2D eigenvalue weighted by atomic mass is 16.5. The normalized spacial score (nSPS) is 48.9. The lowest BCUT2D eigenvalue weighted by Gasteiger charge is -2.42. The van der Waals surface area contributed by atoms with Crippen molar-refractivity contribution in [2.75, 3.05) is 6.61 Å². The van der Waals surface area contributed by atoms with Gasteiger partial charge in [0, 0.05) is 6.61 Å². The molecule has 1 saturated heterocycles. The zero-order chi connectivity index (χ0) is 9.64. The minimum Gasteiger partial charge on any atom is -0.377 e. The fourth-order valence-electron chi connectivity index (χ4n) is 3.45. The first-order valence-corrected chi connectivity index (χ1v) is 5.61. The molecule has 1 heterocycles. The summed E-state index contributed by atoms with van der Waals surface area (Å²) < 4.78 is 5.87. The predicted octanol–water partition coefficient (Wildman–Crippen LogP) is 3.09. The van der Waals surface area contributed by atoms with Crippen molar-refractivity contribution in [3.63, 3.8) is 0 Å². The van der Waals surface area contributed by atoms with Crippen LogP contribution in [-0.2, 0) is 4.74 Å². The third-order valence-corrected chi connectivity index (χ3v) is 3.93. The molecule has 0 aromatic carbocycles. The van der Waals surface area contributed by atoms with Gasteiger partial charge in [0.05, 0.1) is 6.10 Å². The lowest BCUT2D eigenvalue weighted by atomic mass is 9.64. The SMILES string of the molecule is CC1COC2C(C)CC(C)(C)CC12. The Morgan fingerprint density at radius 2 is 1.77 bits per heavy atom. The first kappa shape index (κ1) is 9.51. The van der Waals surface area contributed by atoms with Crippen molar-refractivity contribution in [2.45, 2.75) is 46.6 Å². The summed E-state index contributed by atoms with van der Waals surface area (Å²) in [5.41, 5.74) is 0.544. The van der Waals surface area contributed by atoms with Crippen LogP contribution < -0.4 is 0 Å². The van der Waals surface area contributed by atoms with Gasteiger partial charge in [-0.3, -0.25) is 0 Å². The van der Waals surface area contributed by atoms with E-state index in [1.807, 2.05) is 0 Å². The number of fused-ring (bicyclic) bond motifs is 1. The van der Waals surface area contributed by atoms with Crippen LogP contribution in [0.3, 0.4) is 0 Å². The van der Waals surface area contributed by atoms with Gasteiger partial charge >= 0.3 is 0 Å². The van der Waals surface area contributed by atoms with Crippen LogP contribution in [-0.4, -0.2) is 12.7 Å². The van der Waals surface area contributed by atoms with Gasteiger partial charge in [-0.15, -0.1) is 0 Å². The minimum absolute atomic E-state index is 0.544. The standard InChI is InChI=1S/C12H22O/c1-8-5-12(3,4)6-10-9(2)7-13-11(8)10/h8-11H,5-7H2,1-4H3. The second-order valence-corrected chi connectivity index (χ2v) is 5.99. The van der Waals surface area contributed by atoms with Gasteiger partial charge in [-0.05, 0) is 36.0 Å². The Kier molecular flexibility index (Phi) is 2.18. The molecule has 0 N–H and O–H groups in total. The number of hydrogen-bond acceptors (Lipinski definition) is 1. The molecule has 0 aromatic rings. The molecule has 1 aliphatic carbocycles. The van der Waals surface area contributed by atoms with E-state index in [4.69, 9.17) is 4.74 Å². The molecular formula is C12H22O. The summed E-state index contributed by atoms with van der Waals surface area (Å²) in [6.07, 6.45) is 3.27. The van der Waals surface area contributed by atoms with E-state index in [2.05, 4.69) is 27.7 Å². The highest BCUT2D eigenvalue weighted by Gasteiger charge is 2.45. The minimum atomic E-state index is 0.544. The molecule has 0 bridgehead atoms. The lowest BCUT2D eigenvalue weighted by Crippen LogP contribution is -2.38. The molecule has 4 atom stereocenters. The van der Waals surface area contributed by atoms with Crippen molar-refractivity contribution in [3.05, 3.63) is 0 Å². The molecule has 0 amide bonds. The van der Waals surface area contributed by atoms with E-state index < -0.39 is 0 Å². The number of rotatable bonds is 0. The predicted molar refractivity (Wildman–Crippen MR) is 54.6 cm³/mol. The lowest BCUT2D eigenvalue weighted by molar-refractivity contribution is -0.0118. The molecule has 1 heteroatoms. The summed E-state index contributed by atoms with van der Waals surface area (Å²) >= 11 is 0. The maximum Gasteiger partial charge on any atom is 0.0632 e. The highest BCUT2D eigenvalue weighted by Crippen LogP contribution is 2.48. The monoisotopic (exact) mass is 182 g/mol. The molecule has 0 aromatic heterocycles. The Morgan fingerprint density at radius 3 is 2.46 bits per heavy atom. The molecule has 1 saturated carbocycles. The zero-order valence-corrected chi connectivity index (χ0v) is 9.34. The van der Waals surface area contributed by atoms with Crippen LogP contribution in [0.15, 0.2) is 0 Å². The van der Waals surface area contributed by atoms with Gasteiger partial charge in [0.2, 0.25) is 0 Å². The topological polar surface area (TPSA) is 9.23 Å². The van der Waals surface area contributed by atoms with Crippen molar-refractivity contribution in [1.82, 2.24) is 0 Å². The van der Waals surface area contributed by atoms with Crippen LogP contribution in [0.1, 0.15) is 40.5 Å². The van der Waals surface area contributed by atoms with E-state index >= 15 is 0 Å². The van der Waals surface area contributed by atoms with Crippen LogP contribution in [0.5, 0.6) is 0 Å². The Hall–Kier alpha value is -0.0400. The zero-order valence-electron chi connectivity index (χ0n) is 9.34. The van der Waals surface area contributed by atoms with Crippen molar-refractivity contribution < 1.29 is 4.74 Å². The molecule has 0 spiro atoms. The Bertz CT molecular complexity index is 197. The molecular weight excluding hydrogens is 160 g/mol. The van der Waals surface area contributed by atoms with Crippen LogP contribution in [0.4, 0.5) is 0 Å². The maximum atomic E-state index is 5.87. The fraction of sp³-hybridized carbons (Fsp3) is 1.00. The van der Waals surface area contributed by atoms with Gasteiger partial charge in [-0.25, -0.2) is 0 Å². The third-order valence-electron chi connectivity index (χ3n) is 3.93. The summed E-state index contributed by atoms with van der Waals surface area (Å²) in [7, 11) is 0. The maximum absolute atomic E-state index is 5.87. The van der Waals surface area contributed by atoms with Crippen molar-refractivity contribution in [1.29, 1.82) is 0 Å². The molecule has 76 valence electrons. The van der Waals surface area contributed by atoms with Gasteiger partial charge in [-0.1, -0.05) is 27.7 Å². The van der Waals surface area contributed by atoms with E-state index in [0.717, 1.165) is 24.4 Å². The second kappa shape index (κ2) is 2.98. The Balaban J connectivity index is 2.14. The van der Waals surface area contributed by atoms with Gasteiger partial charge < -0.3 is 4.74 Å². The average Bonchev–Trinajstić information content (AvgIpc) is 2.30. The number of hydrogen-bond donors (Lipinski definition) is 0. The van der Waals surface area contributed by atoms with Crippen LogP contribution in [0.25, 0.3) is 0 Å². The summed E-state index contributed by atoms with van der Waals surface area (Å²) in [5.74, 6) is 2.38. The van der Waals surface area contributed by atoms with Crippen molar-refractivity contribution >= 4 is 0 Å². The summed E-state index contributed by atoms with van der Waals surface area (Å²) in [4.78, 5) is 0. The third kappa shape index (κ3) is 1.63. The molecule has 13 heavy (non-hydrogen) atoms. The van der Waals surface area contributed by atoms with E-state index in [9.17, 15) is 0 Å². The van der Waals surface area contributed by atoms with Gasteiger partial charge in [-0.2, -0.15) is 0 Å². The quantitative estimate of drug-likeness (QED) is 0.559. The smallest absolute Gasteiger partial charge is 0.0632 e. The summed E-state index contributed by atoms with van der Waals surface area (Å²) in [6.45, 7) is 10.5. The molecule has 2 rings (SSSR count). The number of ether oxygens (including phenoxy) is 1. The summed E-state index contributed by atoms with van der Waals surface area (Å²) in [6, 6.07) is 0. The molecule has 2 fully saturated rings. The first-order chi connectivity index (χ1) is 5.99. The van der Waals surface area contributed by atoms with E-state index in [1.165, 1.54) is 12.8 Å². The molecule has 0 radical (unpaired) electrons. The fourth-order valence-corrected chi connectivity index (χ4v) is 3.45. The van der Waals surface area contributed by atoms with Crippen LogP contribution in [0, 0.1) is 23.2 Å². The molecule has 1 aliphatic heterocycles. The Morgan fingerprint density at radius 1 is 1.08 bits per heavy atom. The Labute approximate surface area is 81.9 Å². The highest BCUT2D eigenvalue weighted by molar-refractivity contribution is 4.94. The van der Waals surface area contributed by atoms with Gasteiger partial charge in [0.1, 0.15) is 0 Å². The summed E-state index contributed by atoms with van der Waals surface area (Å²) in [5, 5.41) is 0.